The van der Waals surface area contributed by atoms with E-state index in [1.165, 1.54) is 26.2 Å². The van der Waals surface area contributed by atoms with Crippen molar-refractivity contribution < 1.29 is 0 Å². The van der Waals surface area contributed by atoms with E-state index in [0.29, 0.717) is 5.82 Å². The van der Waals surface area contributed by atoms with Crippen LogP contribution in [0.3, 0.4) is 0 Å². The lowest BCUT2D eigenvalue weighted by Crippen LogP contribution is -2.04. The maximum atomic E-state index is 5.49. The van der Waals surface area contributed by atoms with Crippen molar-refractivity contribution >= 4 is 75.3 Å². The Morgan fingerprint density at radius 2 is 0.889 bits per heavy atom. The van der Waals surface area contributed by atoms with E-state index < -0.39 is 0 Å². The third kappa shape index (κ3) is 3.47. The first-order valence-corrected chi connectivity index (χ1v) is 15.9. The summed E-state index contributed by atoms with van der Waals surface area (Å²) in [5, 5.41) is 6.04. The summed E-state index contributed by atoms with van der Waals surface area (Å²) < 4.78 is 6.98. The molecule has 10 rings (SSSR count). The van der Waals surface area contributed by atoms with Crippen molar-refractivity contribution in [3.8, 4) is 22.9 Å². The molecule has 45 heavy (non-hydrogen) atoms. The van der Waals surface area contributed by atoms with Crippen LogP contribution < -0.4 is 0 Å². The van der Waals surface area contributed by atoms with Gasteiger partial charge in [-0.3, -0.25) is 4.57 Å². The fourth-order valence-corrected chi connectivity index (χ4v) is 8.16. The Kier molecular flexibility index (Phi) is 5.12. The second-order valence-electron chi connectivity index (χ2n) is 11.4. The molecule has 210 valence electrons. The van der Waals surface area contributed by atoms with Gasteiger partial charge >= 0.3 is 0 Å². The van der Waals surface area contributed by atoms with E-state index in [2.05, 4.69) is 155 Å². The average Bonchev–Trinajstić information content (AvgIpc) is 3.76. The highest BCUT2D eigenvalue weighted by atomic mass is 32.1. The third-order valence-corrected chi connectivity index (χ3v) is 10.1. The maximum absolute atomic E-state index is 5.49. The zero-order valence-corrected chi connectivity index (χ0v) is 24.9. The second kappa shape index (κ2) is 9.36. The van der Waals surface area contributed by atoms with Gasteiger partial charge in [0.1, 0.15) is 0 Å². The standard InChI is InChI=1S/C40H24N4S/c1-7-19-31-25(13-1)26-14-2-8-20-32(26)43(31)35-23-11-5-17-29(35)39-41-37-30-18-6-12-24-36(30)45-38(37)40(42-39)44-33-21-9-3-15-27(33)28-16-4-10-22-34(28)44/h1-24H. The van der Waals surface area contributed by atoms with E-state index >= 15 is 0 Å². The number of fused-ring (bicyclic) bond motifs is 9. The van der Waals surface area contributed by atoms with Crippen LogP contribution >= 0.6 is 11.3 Å². The smallest absolute Gasteiger partial charge is 0.164 e. The van der Waals surface area contributed by atoms with Crippen LogP contribution in [0.15, 0.2) is 146 Å². The molecule has 6 aromatic carbocycles. The van der Waals surface area contributed by atoms with Gasteiger partial charge in [-0.25, -0.2) is 9.97 Å². The summed E-state index contributed by atoms with van der Waals surface area (Å²) >= 11 is 1.76. The molecule has 0 aliphatic carbocycles. The van der Waals surface area contributed by atoms with Gasteiger partial charge in [-0.2, -0.15) is 0 Å². The van der Waals surface area contributed by atoms with Gasteiger partial charge in [0.2, 0.25) is 0 Å². The molecule has 0 fully saturated rings. The number of hydrogen-bond donors (Lipinski definition) is 0. The van der Waals surface area contributed by atoms with Crippen molar-refractivity contribution in [2.45, 2.75) is 0 Å². The van der Waals surface area contributed by atoms with Crippen LogP contribution in [0, 0.1) is 0 Å². The van der Waals surface area contributed by atoms with E-state index in [1.54, 1.807) is 11.3 Å². The Balaban J connectivity index is 1.34. The molecular weight excluding hydrogens is 569 g/mol. The molecule has 0 aliphatic heterocycles. The summed E-state index contributed by atoms with van der Waals surface area (Å²) in [4.78, 5) is 10.9. The summed E-state index contributed by atoms with van der Waals surface area (Å²) in [6, 6.07) is 51.6. The summed E-state index contributed by atoms with van der Waals surface area (Å²) in [5.41, 5.74) is 7.63. The molecule has 4 heterocycles. The Morgan fingerprint density at radius 3 is 1.49 bits per heavy atom. The maximum Gasteiger partial charge on any atom is 0.164 e. The Hall–Kier alpha value is -5.78. The van der Waals surface area contributed by atoms with Crippen molar-refractivity contribution in [3.63, 3.8) is 0 Å². The third-order valence-electron chi connectivity index (χ3n) is 8.96. The SMILES string of the molecule is c1ccc(-n2c3ccccc3c3ccccc32)c(-c2nc(-n3c4ccccc4c4ccccc43)c3sc4ccccc4c3n2)c1. The molecular formula is C40H24N4S. The lowest BCUT2D eigenvalue weighted by molar-refractivity contribution is 1.07. The molecule has 4 aromatic heterocycles. The molecule has 0 radical (unpaired) electrons. The zero-order chi connectivity index (χ0) is 29.5. The van der Waals surface area contributed by atoms with E-state index in [1.807, 2.05) is 0 Å². The minimum Gasteiger partial charge on any atom is -0.309 e. The summed E-state index contributed by atoms with van der Waals surface area (Å²) in [5.74, 6) is 1.62. The van der Waals surface area contributed by atoms with Crippen molar-refractivity contribution in [1.82, 2.24) is 19.1 Å². The van der Waals surface area contributed by atoms with Crippen LogP contribution in [-0.4, -0.2) is 19.1 Å². The quantitative estimate of drug-likeness (QED) is 0.205. The van der Waals surface area contributed by atoms with Crippen LogP contribution in [0.25, 0.3) is 86.8 Å². The van der Waals surface area contributed by atoms with Gasteiger partial charge in [0.25, 0.3) is 0 Å². The first kappa shape index (κ1) is 24.6. The van der Waals surface area contributed by atoms with Crippen LogP contribution in [0.2, 0.25) is 0 Å². The number of thiophene rings is 1. The molecule has 0 N–H and O–H groups in total. The van der Waals surface area contributed by atoms with E-state index in [-0.39, 0.29) is 0 Å². The number of hydrogen-bond acceptors (Lipinski definition) is 3. The van der Waals surface area contributed by atoms with Gasteiger partial charge in [0.05, 0.1) is 38.0 Å². The van der Waals surface area contributed by atoms with Crippen molar-refractivity contribution in [2.75, 3.05) is 0 Å². The Morgan fingerprint density at radius 1 is 0.422 bits per heavy atom. The van der Waals surface area contributed by atoms with Crippen molar-refractivity contribution in [1.29, 1.82) is 0 Å². The fourth-order valence-electron chi connectivity index (χ4n) is 7.04. The molecule has 0 spiro atoms. The monoisotopic (exact) mass is 592 g/mol. The molecule has 10 aromatic rings. The number of para-hydroxylation sites is 5. The predicted molar refractivity (Wildman–Crippen MR) is 189 cm³/mol. The predicted octanol–water partition coefficient (Wildman–Crippen LogP) is 10.7. The number of rotatable bonds is 3. The highest BCUT2D eigenvalue weighted by Gasteiger charge is 2.22. The molecule has 0 bridgehead atoms. The fraction of sp³-hybridized carbons (Fsp3) is 0. The minimum absolute atomic E-state index is 0.709. The summed E-state index contributed by atoms with van der Waals surface area (Å²) in [6.45, 7) is 0. The second-order valence-corrected chi connectivity index (χ2v) is 12.5. The van der Waals surface area contributed by atoms with Crippen LogP contribution in [0.1, 0.15) is 0 Å². The molecule has 0 saturated carbocycles. The van der Waals surface area contributed by atoms with Gasteiger partial charge in [-0.05, 0) is 42.5 Å². The first-order valence-electron chi connectivity index (χ1n) is 15.1. The topological polar surface area (TPSA) is 35.6 Å². The average molecular weight is 593 g/mol. The lowest BCUT2D eigenvalue weighted by atomic mass is 10.1. The molecule has 4 nitrogen and oxygen atoms in total. The largest absolute Gasteiger partial charge is 0.309 e. The normalized spacial score (nSPS) is 12.0. The van der Waals surface area contributed by atoms with Gasteiger partial charge < -0.3 is 4.57 Å². The molecule has 0 atom stereocenters. The zero-order valence-electron chi connectivity index (χ0n) is 24.1. The van der Waals surface area contributed by atoms with Crippen LogP contribution in [0.5, 0.6) is 0 Å². The number of benzene rings is 6. The molecule has 0 amide bonds. The molecule has 5 heteroatoms. The van der Waals surface area contributed by atoms with E-state index in [9.17, 15) is 0 Å². The molecule has 0 unspecified atom stereocenters. The highest BCUT2D eigenvalue weighted by Crippen LogP contribution is 2.41. The van der Waals surface area contributed by atoms with Crippen LogP contribution in [-0.2, 0) is 0 Å². The first-order chi connectivity index (χ1) is 22.3. The van der Waals surface area contributed by atoms with Crippen molar-refractivity contribution in [3.05, 3.63) is 146 Å². The molecule has 0 saturated heterocycles. The Labute approximate surface area is 262 Å². The van der Waals surface area contributed by atoms with Gasteiger partial charge in [-0.15, -0.1) is 11.3 Å². The number of nitrogens with zero attached hydrogens (tertiary/aromatic N) is 4. The number of aromatic nitrogens is 4. The van der Waals surface area contributed by atoms with Gasteiger partial charge in [0.15, 0.2) is 11.6 Å². The summed E-state index contributed by atoms with van der Waals surface area (Å²) in [7, 11) is 0. The lowest BCUT2D eigenvalue weighted by Gasteiger charge is -2.15. The minimum atomic E-state index is 0.709. The Bertz CT molecular complexity index is 2670. The van der Waals surface area contributed by atoms with Crippen molar-refractivity contribution in [2.24, 2.45) is 0 Å². The highest BCUT2D eigenvalue weighted by molar-refractivity contribution is 7.26. The van der Waals surface area contributed by atoms with E-state index in [4.69, 9.17) is 9.97 Å². The van der Waals surface area contributed by atoms with Gasteiger partial charge in [0, 0.05) is 37.2 Å². The van der Waals surface area contributed by atoms with E-state index in [0.717, 1.165) is 54.7 Å². The van der Waals surface area contributed by atoms with Crippen LogP contribution in [0.4, 0.5) is 0 Å². The summed E-state index contributed by atoms with van der Waals surface area (Å²) in [6.07, 6.45) is 0. The van der Waals surface area contributed by atoms with Gasteiger partial charge in [-0.1, -0.05) is 103 Å². The molecule has 0 aliphatic rings.